The number of carboxylic acids is 1. The first-order valence-corrected chi connectivity index (χ1v) is 5.71. The van der Waals surface area contributed by atoms with Crippen molar-refractivity contribution in [3.63, 3.8) is 0 Å². The fourth-order valence-corrected chi connectivity index (χ4v) is 1.84. The fraction of sp³-hybridized carbons (Fsp3) is 0.250. The van der Waals surface area contributed by atoms with Gasteiger partial charge < -0.3 is 15.7 Å². The van der Waals surface area contributed by atoms with E-state index in [4.69, 9.17) is 5.11 Å². The molecule has 3 N–H and O–H groups in total. The second kappa shape index (κ2) is 5.24. The van der Waals surface area contributed by atoms with Crippen molar-refractivity contribution in [2.24, 2.45) is 0 Å². The number of nitrogens with one attached hydrogen (secondary N) is 2. The van der Waals surface area contributed by atoms with Crippen LogP contribution in [0.2, 0.25) is 0 Å². The minimum Gasteiger partial charge on any atom is -0.478 e. The van der Waals surface area contributed by atoms with Crippen LogP contribution in [0.5, 0.6) is 0 Å². The van der Waals surface area contributed by atoms with E-state index in [0.29, 0.717) is 12.1 Å². The maximum absolute atomic E-state index is 13.5. The van der Waals surface area contributed by atoms with Gasteiger partial charge in [-0.3, -0.25) is 9.59 Å². The first-order valence-electron chi connectivity index (χ1n) is 5.71. The molecule has 1 unspecified atom stereocenters. The third kappa shape index (κ3) is 2.73. The monoisotopic (exact) mass is 284 g/mol. The molecule has 1 saturated heterocycles. The zero-order valence-electron chi connectivity index (χ0n) is 10.1. The van der Waals surface area contributed by atoms with E-state index >= 15 is 0 Å². The molecule has 6 nitrogen and oxygen atoms in total. The van der Waals surface area contributed by atoms with Gasteiger partial charge in [0.25, 0.3) is 0 Å². The summed E-state index contributed by atoms with van der Waals surface area (Å²) in [6, 6.07) is 0.272. The number of anilines is 1. The number of benzene rings is 1. The molecule has 1 aromatic rings. The van der Waals surface area contributed by atoms with Crippen LogP contribution in [-0.2, 0) is 9.59 Å². The van der Waals surface area contributed by atoms with Gasteiger partial charge in [-0.1, -0.05) is 0 Å². The molecule has 1 atom stereocenters. The lowest BCUT2D eigenvalue weighted by Crippen LogP contribution is -2.37. The Morgan fingerprint density at radius 2 is 2.00 bits per heavy atom. The molecule has 0 spiro atoms. The van der Waals surface area contributed by atoms with E-state index in [1.165, 1.54) is 0 Å². The van der Waals surface area contributed by atoms with Gasteiger partial charge in [0.2, 0.25) is 11.8 Å². The van der Waals surface area contributed by atoms with Crippen LogP contribution in [0.1, 0.15) is 23.2 Å². The molecular weight excluding hydrogens is 274 g/mol. The van der Waals surface area contributed by atoms with Gasteiger partial charge in [-0.25, -0.2) is 13.6 Å². The molecule has 1 aromatic carbocycles. The van der Waals surface area contributed by atoms with Gasteiger partial charge in [0.05, 0.1) is 11.3 Å². The lowest BCUT2D eigenvalue weighted by atomic mass is 10.1. The quantitative estimate of drug-likeness (QED) is 0.767. The van der Waals surface area contributed by atoms with Gasteiger partial charge in [-0.05, 0) is 12.5 Å². The molecule has 0 saturated carbocycles. The summed E-state index contributed by atoms with van der Waals surface area (Å²) in [5.74, 6) is -4.88. The summed E-state index contributed by atoms with van der Waals surface area (Å²) >= 11 is 0. The van der Waals surface area contributed by atoms with Gasteiger partial charge in [-0.15, -0.1) is 0 Å². The van der Waals surface area contributed by atoms with Gasteiger partial charge in [0, 0.05) is 12.5 Å². The molecule has 1 fully saturated rings. The van der Waals surface area contributed by atoms with Crippen LogP contribution in [0.15, 0.2) is 12.1 Å². The number of rotatable bonds is 3. The SMILES string of the molecule is O=C1CCC(C(=O)Nc2cc(C(=O)O)c(F)cc2F)N1. The van der Waals surface area contributed by atoms with Gasteiger partial charge in [0.1, 0.15) is 17.7 Å². The van der Waals surface area contributed by atoms with Gasteiger partial charge >= 0.3 is 5.97 Å². The maximum atomic E-state index is 13.5. The van der Waals surface area contributed by atoms with Crippen LogP contribution < -0.4 is 10.6 Å². The van der Waals surface area contributed by atoms with E-state index < -0.39 is 40.8 Å². The fourth-order valence-electron chi connectivity index (χ4n) is 1.84. The number of carbonyl (C=O) groups excluding carboxylic acids is 2. The Bertz CT molecular complexity index is 603. The molecule has 1 aliphatic heterocycles. The molecule has 1 aliphatic rings. The summed E-state index contributed by atoms with van der Waals surface area (Å²) in [7, 11) is 0. The van der Waals surface area contributed by atoms with Crippen LogP contribution in [-0.4, -0.2) is 28.9 Å². The van der Waals surface area contributed by atoms with E-state index in [9.17, 15) is 23.2 Å². The lowest BCUT2D eigenvalue weighted by molar-refractivity contribution is -0.122. The third-order valence-corrected chi connectivity index (χ3v) is 2.86. The molecule has 20 heavy (non-hydrogen) atoms. The van der Waals surface area contributed by atoms with Crippen LogP contribution in [0.25, 0.3) is 0 Å². The number of carbonyl (C=O) groups is 3. The zero-order chi connectivity index (χ0) is 14.9. The van der Waals surface area contributed by atoms with Gasteiger partial charge in [0.15, 0.2) is 0 Å². The minimum absolute atomic E-state index is 0.185. The Labute approximate surface area is 111 Å². The number of amides is 2. The average Bonchev–Trinajstić information content (AvgIpc) is 2.79. The second-order valence-electron chi connectivity index (χ2n) is 4.27. The minimum atomic E-state index is -1.58. The number of halogens is 2. The van der Waals surface area contributed by atoms with Crippen molar-refractivity contribution in [1.29, 1.82) is 0 Å². The van der Waals surface area contributed by atoms with E-state index in [2.05, 4.69) is 10.6 Å². The summed E-state index contributed by atoms with van der Waals surface area (Å²) in [6.45, 7) is 0. The third-order valence-electron chi connectivity index (χ3n) is 2.86. The number of hydrogen-bond donors (Lipinski definition) is 3. The normalized spacial score (nSPS) is 17.7. The highest BCUT2D eigenvalue weighted by Crippen LogP contribution is 2.20. The molecule has 0 bridgehead atoms. The topological polar surface area (TPSA) is 95.5 Å². The summed E-state index contributed by atoms with van der Waals surface area (Å²) in [6.07, 6.45) is 0.448. The number of aromatic carboxylic acids is 1. The molecule has 2 rings (SSSR count). The van der Waals surface area contributed by atoms with Crippen molar-refractivity contribution in [2.45, 2.75) is 18.9 Å². The van der Waals surface area contributed by atoms with Crippen molar-refractivity contribution in [3.8, 4) is 0 Å². The average molecular weight is 284 g/mol. The van der Waals surface area contributed by atoms with E-state index in [-0.39, 0.29) is 18.7 Å². The highest BCUT2D eigenvalue weighted by Gasteiger charge is 2.28. The molecule has 106 valence electrons. The first kappa shape index (κ1) is 13.9. The molecule has 1 heterocycles. The van der Waals surface area contributed by atoms with Gasteiger partial charge in [-0.2, -0.15) is 0 Å². The van der Waals surface area contributed by atoms with Crippen molar-refractivity contribution in [3.05, 3.63) is 29.3 Å². The highest BCUT2D eigenvalue weighted by atomic mass is 19.1. The predicted molar refractivity (Wildman–Crippen MR) is 63.1 cm³/mol. The summed E-state index contributed by atoms with van der Waals surface area (Å²) in [4.78, 5) is 33.5. The lowest BCUT2D eigenvalue weighted by Gasteiger charge is -2.12. The van der Waals surface area contributed by atoms with Crippen molar-refractivity contribution < 1.29 is 28.3 Å². The summed E-state index contributed by atoms with van der Waals surface area (Å²) in [5, 5.41) is 13.2. The van der Waals surface area contributed by atoms with Crippen LogP contribution in [0.4, 0.5) is 14.5 Å². The summed E-state index contributed by atoms with van der Waals surface area (Å²) < 4.78 is 26.7. The largest absolute Gasteiger partial charge is 0.478 e. The maximum Gasteiger partial charge on any atom is 0.338 e. The Balaban J connectivity index is 2.20. The van der Waals surface area contributed by atoms with E-state index in [1.807, 2.05) is 0 Å². The standard InChI is InChI=1S/C12H10F2N2O4/c13-6-4-7(14)9(3-5(6)12(19)20)16-11(18)8-1-2-10(17)15-8/h3-4,8H,1-2H2,(H,15,17)(H,16,18)(H,19,20). The van der Waals surface area contributed by atoms with E-state index in [0.717, 1.165) is 0 Å². The molecule has 0 aliphatic carbocycles. The Kier molecular flexibility index (Phi) is 3.64. The molecule has 2 amide bonds. The van der Waals surface area contributed by atoms with Crippen molar-refractivity contribution >= 4 is 23.5 Å². The second-order valence-corrected chi connectivity index (χ2v) is 4.27. The molecular formula is C12H10F2N2O4. The van der Waals surface area contributed by atoms with Crippen molar-refractivity contribution in [1.82, 2.24) is 5.32 Å². The van der Waals surface area contributed by atoms with E-state index in [1.54, 1.807) is 0 Å². The smallest absolute Gasteiger partial charge is 0.338 e. The number of hydrogen-bond acceptors (Lipinski definition) is 3. The Morgan fingerprint density at radius 3 is 2.55 bits per heavy atom. The van der Waals surface area contributed by atoms with Crippen LogP contribution >= 0.6 is 0 Å². The zero-order valence-corrected chi connectivity index (χ0v) is 10.1. The Hall–Kier alpha value is -2.51. The molecule has 0 radical (unpaired) electrons. The highest BCUT2D eigenvalue weighted by molar-refractivity contribution is 6.00. The summed E-state index contributed by atoms with van der Waals surface area (Å²) in [5.41, 5.74) is -1.20. The predicted octanol–water partition coefficient (Wildman–Crippen LogP) is 0.880. The Morgan fingerprint density at radius 1 is 1.30 bits per heavy atom. The first-order chi connectivity index (χ1) is 9.38. The van der Waals surface area contributed by atoms with Crippen molar-refractivity contribution in [2.75, 3.05) is 5.32 Å². The van der Waals surface area contributed by atoms with Crippen LogP contribution in [0.3, 0.4) is 0 Å². The molecule has 0 aromatic heterocycles. The van der Waals surface area contributed by atoms with Crippen LogP contribution in [0, 0.1) is 11.6 Å². The number of carboxylic acid groups (broad SMARTS) is 1. The molecule has 8 heteroatoms.